The van der Waals surface area contributed by atoms with Gasteiger partial charge in [-0.05, 0) is 38.0 Å². The highest BCUT2D eigenvalue weighted by Gasteiger charge is 2.27. The van der Waals surface area contributed by atoms with Crippen LogP contribution in [-0.4, -0.2) is 31.7 Å². The second kappa shape index (κ2) is 6.57. The summed E-state index contributed by atoms with van der Waals surface area (Å²) < 4.78 is 26.5. The number of halogens is 2. The molecule has 0 fully saturated rings. The molecular formula is C18H19F2N7. The van der Waals surface area contributed by atoms with Crippen molar-refractivity contribution in [3.8, 4) is 11.3 Å². The van der Waals surface area contributed by atoms with Crippen molar-refractivity contribution in [2.24, 2.45) is 4.99 Å². The van der Waals surface area contributed by atoms with E-state index < -0.39 is 6.43 Å². The molecule has 3 aromatic heterocycles. The number of fused-ring (bicyclic) bond motifs is 2. The van der Waals surface area contributed by atoms with Gasteiger partial charge in [-0.1, -0.05) is 0 Å². The molecule has 9 heteroatoms. The molecule has 0 saturated carbocycles. The van der Waals surface area contributed by atoms with Crippen LogP contribution in [0.1, 0.15) is 37.8 Å². The Labute approximate surface area is 154 Å². The Morgan fingerprint density at radius 1 is 1.19 bits per heavy atom. The van der Waals surface area contributed by atoms with E-state index in [0.717, 1.165) is 22.7 Å². The molecule has 0 amide bonds. The first kappa shape index (κ1) is 17.3. The van der Waals surface area contributed by atoms with E-state index in [1.54, 1.807) is 10.7 Å². The zero-order valence-corrected chi connectivity index (χ0v) is 14.7. The van der Waals surface area contributed by atoms with Crippen LogP contribution in [0.2, 0.25) is 0 Å². The van der Waals surface area contributed by atoms with Gasteiger partial charge < -0.3 is 11.5 Å². The van der Waals surface area contributed by atoms with E-state index in [1.807, 2.05) is 25.1 Å². The van der Waals surface area contributed by atoms with Crippen molar-refractivity contribution in [2.75, 3.05) is 11.5 Å². The van der Waals surface area contributed by atoms with Gasteiger partial charge in [0.05, 0.1) is 17.1 Å². The number of aliphatic imine (C=N–C) groups is 1. The lowest BCUT2D eigenvalue weighted by Gasteiger charge is -2.12. The minimum absolute atomic E-state index is 0.0446. The van der Waals surface area contributed by atoms with Crippen molar-refractivity contribution >= 4 is 28.7 Å². The molecule has 27 heavy (non-hydrogen) atoms. The molecule has 0 aliphatic carbocycles. The lowest BCUT2D eigenvalue weighted by atomic mass is 9.94. The van der Waals surface area contributed by atoms with Crippen molar-refractivity contribution in [3.05, 3.63) is 30.1 Å². The molecule has 1 atom stereocenters. The molecule has 3 aromatic rings. The molecule has 0 spiro atoms. The summed E-state index contributed by atoms with van der Waals surface area (Å²) in [5, 5.41) is 4.12. The Hall–Kier alpha value is -3.10. The molecule has 140 valence electrons. The van der Waals surface area contributed by atoms with Crippen LogP contribution in [0, 0.1) is 0 Å². The molecule has 1 aliphatic rings. The summed E-state index contributed by atoms with van der Waals surface area (Å²) in [6.45, 7) is 1.91. The van der Waals surface area contributed by atoms with Gasteiger partial charge in [0.1, 0.15) is 5.52 Å². The Morgan fingerprint density at radius 3 is 2.78 bits per heavy atom. The first-order valence-electron chi connectivity index (χ1n) is 8.69. The standard InChI is InChI=1S/C18H19F2N7/c1-9-10(3-2-4-14(19)20)15-13(23-9)6-5-12(24-15)11-7-8-27-16(11)17(21)25-18(22)26-27/h5-8,10,14H,2-4H2,1H3,(H4,21,22,25,26). The predicted molar refractivity (Wildman–Crippen MR) is 100 cm³/mol. The lowest BCUT2D eigenvalue weighted by Crippen LogP contribution is -2.08. The summed E-state index contributed by atoms with van der Waals surface area (Å²) in [4.78, 5) is 13.3. The van der Waals surface area contributed by atoms with Gasteiger partial charge in [0.2, 0.25) is 12.4 Å². The first-order valence-corrected chi connectivity index (χ1v) is 8.69. The molecule has 0 saturated heterocycles. The van der Waals surface area contributed by atoms with Crippen molar-refractivity contribution in [3.63, 3.8) is 0 Å². The summed E-state index contributed by atoms with van der Waals surface area (Å²) in [7, 11) is 0. The highest BCUT2D eigenvalue weighted by Crippen LogP contribution is 2.39. The lowest BCUT2D eigenvalue weighted by molar-refractivity contribution is 0.134. The fourth-order valence-electron chi connectivity index (χ4n) is 3.53. The molecule has 0 bridgehead atoms. The fraction of sp³-hybridized carbons (Fsp3) is 0.333. The largest absolute Gasteiger partial charge is 0.382 e. The van der Waals surface area contributed by atoms with Gasteiger partial charge >= 0.3 is 0 Å². The number of hydrogen-bond acceptors (Lipinski definition) is 6. The number of pyridine rings is 1. The monoisotopic (exact) mass is 371 g/mol. The maximum absolute atomic E-state index is 12.5. The minimum Gasteiger partial charge on any atom is -0.382 e. The molecule has 4 N–H and O–H groups in total. The molecule has 0 radical (unpaired) electrons. The van der Waals surface area contributed by atoms with E-state index in [9.17, 15) is 8.78 Å². The number of alkyl halides is 2. The van der Waals surface area contributed by atoms with Gasteiger partial charge in [0.15, 0.2) is 5.82 Å². The van der Waals surface area contributed by atoms with Crippen LogP contribution in [0.3, 0.4) is 0 Å². The third-order valence-electron chi connectivity index (χ3n) is 4.78. The zero-order chi connectivity index (χ0) is 19.1. The number of anilines is 2. The maximum Gasteiger partial charge on any atom is 0.240 e. The summed E-state index contributed by atoms with van der Waals surface area (Å²) in [6, 6.07) is 5.61. The van der Waals surface area contributed by atoms with Gasteiger partial charge in [-0.3, -0.25) is 4.99 Å². The number of hydrogen-bond donors (Lipinski definition) is 2. The number of aromatic nitrogens is 4. The quantitative estimate of drug-likeness (QED) is 0.713. The van der Waals surface area contributed by atoms with Crippen LogP contribution in [0.15, 0.2) is 29.4 Å². The topological polar surface area (TPSA) is 107 Å². The zero-order valence-electron chi connectivity index (χ0n) is 14.7. The summed E-state index contributed by atoms with van der Waals surface area (Å²) in [6.07, 6.45) is 0.371. The second-order valence-electron chi connectivity index (χ2n) is 6.61. The van der Waals surface area contributed by atoms with Gasteiger partial charge in [-0.2, -0.15) is 4.98 Å². The number of nitrogens with zero attached hydrogens (tertiary/aromatic N) is 5. The first-order chi connectivity index (χ1) is 12.9. The van der Waals surface area contributed by atoms with Gasteiger partial charge in [0.25, 0.3) is 0 Å². The maximum atomic E-state index is 12.5. The molecule has 7 nitrogen and oxygen atoms in total. The third-order valence-corrected chi connectivity index (χ3v) is 4.78. The van der Waals surface area contributed by atoms with Crippen molar-refractivity contribution in [1.82, 2.24) is 19.6 Å². The second-order valence-corrected chi connectivity index (χ2v) is 6.61. The van der Waals surface area contributed by atoms with Crippen LogP contribution in [0.25, 0.3) is 16.8 Å². The SMILES string of the molecule is CC1=Nc2ccc(-c3ccn4nc(N)nc(N)c34)nc2C1CCCC(F)F. The summed E-state index contributed by atoms with van der Waals surface area (Å²) >= 11 is 0. The average Bonchev–Trinajstić information content (AvgIpc) is 3.15. The number of nitrogen functional groups attached to an aromatic ring is 2. The Morgan fingerprint density at radius 2 is 2.00 bits per heavy atom. The van der Waals surface area contributed by atoms with E-state index in [-0.39, 0.29) is 24.1 Å². The van der Waals surface area contributed by atoms with E-state index in [1.165, 1.54) is 0 Å². The summed E-state index contributed by atoms with van der Waals surface area (Å²) in [5.74, 6) is 0.315. The third kappa shape index (κ3) is 3.09. The van der Waals surface area contributed by atoms with Crippen molar-refractivity contribution in [2.45, 2.75) is 38.5 Å². The molecular weight excluding hydrogens is 352 g/mol. The highest BCUT2D eigenvalue weighted by molar-refractivity contribution is 5.96. The van der Waals surface area contributed by atoms with Crippen LogP contribution in [0.5, 0.6) is 0 Å². The van der Waals surface area contributed by atoms with Gasteiger partial charge in [-0.15, -0.1) is 5.10 Å². The van der Waals surface area contributed by atoms with Gasteiger partial charge in [0, 0.05) is 29.8 Å². The predicted octanol–water partition coefficient (Wildman–Crippen LogP) is 3.58. The molecule has 1 unspecified atom stereocenters. The normalized spacial score (nSPS) is 16.1. The van der Waals surface area contributed by atoms with E-state index >= 15 is 0 Å². The fourth-order valence-corrected chi connectivity index (χ4v) is 3.53. The van der Waals surface area contributed by atoms with Gasteiger partial charge in [-0.25, -0.2) is 18.3 Å². The highest BCUT2D eigenvalue weighted by atomic mass is 19.3. The Balaban J connectivity index is 1.71. The number of nitrogens with two attached hydrogens (primary N) is 2. The summed E-state index contributed by atoms with van der Waals surface area (Å²) in [5.41, 5.74) is 16.3. The molecule has 4 heterocycles. The van der Waals surface area contributed by atoms with Crippen LogP contribution in [-0.2, 0) is 0 Å². The van der Waals surface area contributed by atoms with Crippen molar-refractivity contribution in [1.29, 1.82) is 0 Å². The Bertz CT molecular complexity index is 1040. The van der Waals surface area contributed by atoms with E-state index in [0.29, 0.717) is 24.1 Å². The molecule has 4 rings (SSSR count). The molecule has 1 aliphatic heterocycles. The Kier molecular flexibility index (Phi) is 4.21. The van der Waals surface area contributed by atoms with E-state index in [4.69, 9.17) is 16.5 Å². The van der Waals surface area contributed by atoms with E-state index in [2.05, 4.69) is 15.1 Å². The van der Waals surface area contributed by atoms with Crippen molar-refractivity contribution < 1.29 is 8.78 Å². The van der Waals surface area contributed by atoms with Crippen LogP contribution < -0.4 is 11.5 Å². The van der Waals surface area contributed by atoms with Crippen LogP contribution >= 0.6 is 0 Å². The van der Waals surface area contributed by atoms with Crippen LogP contribution in [0.4, 0.5) is 26.2 Å². The molecule has 0 aromatic carbocycles. The number of rotatable bonds is 5. The smallest absolute Gasteiger partial charge is 0.240 e. The minimum atomic E-state index is -2.29. The average molecular weight is 371 g/mol.